The maximum Gasteiger partial charge on any atom is 0.500 e. The van der Waals surface area contributed by atoms with Crippen molar-refractivity contribution in [3.8, 4) is 5.75 Å². The van der Waals surface area contributed by atoms with Crippen molar-refractivity contribution in [1.82, 2.24) is 4.98 Å². The SMILES string of the molecule is CC(C)(C)c1nccc(OC2CC2)c1B1OC(C)(C)C(C)(C)O1. The normalized spacial score (nSPS) is 23.2. The van der Waals surface area contributed by atoms with Crippen LogP contribution in [0.1, 0.15) is 67.0 Å². The molecule has 1 saturated heterocycles. The van der Waals surface area contributed by atoms with Gasteiger partial charge in [0.05, 0.1) is 17.3 Å². The van der Waals surface area contributed by atoms with Crippen molar-refractivity contribution < 1.29 is 14.0 Å². The van der Waals surface area contributed by atoms with Crippen molar-refractivity contribution in [2.75, 3.05) is 0 Å². The van der Waals surface area contributed by atoms with Gasteiger partial charge < -0.3 is 14.0 Å². The number of rotatable bonds is 3. The molecule has 3 rings (SSSR count). The van der Waals surface area contributed by atoms with E-state index in [4.69, 9.17) is 14.0 Å². The van der Waals surface area contributed by atoms with Gasteiger partial charge in [0.2, 0.25) is 0 Å². The molecule has 0 amide bonds. The van der Waals surface area contributed by atoms with Crippen molar-refractivity contribution in [3.05, 3.63) is 18.0 Å². The second-order valence-electron chi connectivity index (χ2n) is 8.73. The van der Waals surface area contributed by atoms with Crippen LogP contribution in [-0.2, 0) is 14.7 Å². The van der Waals surface area contributed by atoms with E-state index in [1.807, 2.05) is 12.3 Å². The van der Waals surface area contributed by atoms with E-state index in [0.29, 0.717) is 6.10 Å². The standard InChI is InChI=1S/C18H28BNO3/c1-16(2,3)15-14(13(10-11-20-15)21-12-8-9-12)19-22-17(4,5)18(6,7)23-19/h10-12H,8-9H2,1-7H3. The summed E-state index contributed by atoms with van der Waals surface area (Å²) in [6.07, 6.45) is 4.39. The largest absolute Gasteiger partial charge is 0.500 e. The van der Waals surface area contributed by atoms with Crippen molar-refractivity contribution in [2.24, 2.45) is 0 Å². The van der Waals surface area contributed by atoms with Crippen LogP contribution in [0.2, 0.25) is 0 Å². The van der Waals surface area contributed by atoms with Crippen molar-refractivity contribution in [1.29, 1.82) is 0 Å². The average molecular weight is 317 g/mol. The van der Waals surface area contributed by atoms with Gasteiger partial charge in [-0.15, -0.1) is 0 Å². The lowest BCUT2D eigenvalue weighted by Gasteiger charge is -2.32. The Bertz CT molecular complexity index is 587. The number of hydrogen-bond donors (Lipinski definition) is 0. The first-order valence-corrected chi connectivity index (χ1v) is 8.53. The zero-order chi connectivity index (χ0) is 17.0. The molecule has 1 saturated carbocycles. The van der Waals surface area contributed by atoms with Gasteiger partial charge in [-0.3, -0.25) is 4.98 Å². The molecule has 2 fully saturated rings. The molecular weight excluding hydrogens is 289 g/mol. The van der Waals surface area contributed by atoms with Crippen LogP contribution in [0.5, 0.6) is 5.75 Å². The maximum atomic E-state index is 6.29. The molecule has 0 spiro atoms. The summed E-state index contributed by atoms with van der Waals surface area (Å²) >= 11 is 0. The minimum absolute atomic E-state index is 0.109. The predicted molar refractivity (Wildman–Crippen MR) is 92.3 cm³/mol. The Kier molecular flexibility index (Phi) is 3.81. The summed E-state index contributed by atoms with van der Waals surface area (Å²) in [5.41, 5.74) is 1.07. The summed E-state index contributed by atoms with van der Waals surface area (Å²) in [4.78, 5) is 4.64. The molecule has 1 aliphatic carbocycles. The van der Waals surface area contributed by atoms with E-state index in [9.17, 15) is 0 Å². The zero-order valence-electron chi connectivity index (χ0n) is 15.4. The Morgan fingerprint density at radius 3 is 2.17 bits per heavy atom. The third-order valence-electron chi connectivity index (χ3n) is 4.97. The summed E-state index contributed by atoms with van der Waals surface area (Å²) in [5.74, 6) is 0.853. The fourth-order valence-electron chi connectivity index (χ4n) is 2.71. The Hall–Kier alpha value is -1.07. The summed E-state index contributed by atoms with van der Waals surface area (Å²) in [6.45, 7) is 14.8. The van der Waals surface area contributed by atoms with E-state index in [2.05, 4.69) is 53.5 Å². The van der Waals surface area contributed by atoms with Crippen LogP contribution in [0, 0.1) is 0 Å². The summed E-state index contributed by atoms with van der Waals surface area (Å²) in [7, 11) is -0.448. The van der Waals surface area contributed by atoms with Crippen molar-refractivity contribution >= 4 is 12.6 Å². The van der Waals surface area contributed by atoms with E-state index in [1.54, 1.807) is 0 Å². The number of pyridine rings is 1. The molecule has 2 heterocycles. The lowest BCUT2D eigenvalue weighted by Crippen LogP contribution is -2.41. The smallest absolute Gasteiger partial charge is 0.491 e. The van der Waals surface area contributed by atoms with Gasteiger partial charge >= 0.3 is 7.12 Å². The Morgan fingerprint density at radius 2 is 1.70 bits per heavy atom. The maximum absolute atomic E-state index is 6.29. The first kappa shape index (κ1) is 16.8. The highest BCUT2D eigenvalue weighted by atomic mass is 16.7. The fraction of sp³-hybridized carbons (Fsp3) is 0.722. The molecular formula is C18H28BNO3. The minimum Gasteiger partial charge on any atom is -0.491 e. The summed E-state index contributed by atoms with van der Waals surface area (Å²) in [5, 5.41) is 0. The molecule has 0 aromatic carbocycles. The molecule has 1 aliphatic heterocycles. The van der Waals surface area contributed by atoms with Crippen molar-refractivity contribution in [2.45, 2.75) is 84.0 Å². The highest BCUT2D eigenvalue weighted by Crippen LogP contribution is 2.38. The van der Waals surface area contributed by atoms with Crippen LogP contribution in [0.25, 0.3) is 0 Å². The summed E-state index contributed by atoms with van der Waals surface area (Å²) in [6, 6.07) is 1.94. The monoisotopic (exact) mass is 317 g/mol. The molecule has 1 aromatic rings. The topological polar surface area (TPSA) is 40.6 Å². The van der Waals surface area contributed by atoms with Crippen LogP contribution in [0.4, 0.5) is 0 Å². The van der Waals surface area contributed by atoms with Gasteiger partial charge in [-0.05, 0) is 46.6 Å². The molecule has 0 unspecified atom stereocenters. The molecule has 0 N–H and O–H groups in total. The van der Waals surface area contributed by atoms with E-state index in [1.165, 1.54) is 0 Å². The molecule has 4 nitrogen and oxygen atoms in total. The van der Waals surface area contributed by atoms with E-state index in [0.717, 1.165) is 29.7 Å². The minimum atomic E-state index is -0.448. The molecule has 1 aromatic heterocycles. The lowest BCUT2D eigenvalue weighted by atomic mass is 9.71. The van der Waals surface area contributed by atoms with Crippen LogP contribution in [0.15, 0.2) is 12.3 Å². The van der Waals surface area contributed by atoms with Gasteiger partial charge in [-0.2, -0.15) is 0 Å². The third kappa shape index (κ3) is 3.13. The van der Waals surface area contributed by atoms with Crippen LogP contribution >= 0.6 is 0 Å². The van der Waals surface area contributed by atoms with Gasteiger partial charge in [-0.1, -0.05) is 20.8 Å². The van der Waals surface area contributed by atoms with Crippen LogP contribution < -0.4 is 10.2 Å². The molecule has 5 heteroatoms. The molecule has 0 atom stereocenters. The van der Waals surface area contributed by atoms with Crippen LogP contribution in [0.3, 0.4) is 0 Å². The molecule has 23 heavy (non-hydrogen) atoms. The highest BCUT2D eigenvalue weighted by Gasteiger charge is 2.54. The quantitative estimate of drug-likeness (QED) is 0.803. The number of aromatic nitrogens is 1. The second kappa shape index (κ2) is 5.22. The van der Waals surface area contributed by atoms with E-state index >= 15 is 0 Å². The van der Waals surface area contributed by atoms with Gasteiger partial charge in [0.15, 0.2) is 0 Å². The van der Waals surface area contributed by atoms with Crippen molar-refractivity contribution in [3.63, 3.8) is 0 Å². The lowest BCUT2D eigenvalue weighted by molar-refractivity contribution is 0.00578. The van der Waals surface area contributed by atoms with Gasteiger partial charge in [0.25, 0.3) is 0 Å². The molecule has 0 bridgehead atoms. The first-order chi connectivity index (χ1) is 10.5. The van der Waals surface area contributed by atoms with Gasteiger partial charge in [0, 0.05) is 22.8 Å². The second-order valence-corrected chi connectivity index (χ2v) is 8.73. The Labute approximate surface area is 140 Å². The average Bonchev–Trinajstić information content (AvgIpc) is 3.16. The molecule has 126 valence electrons. The fourth-order valence-corrected chi connectivity index (χ4v) is 2.71. The molecule has 0 radical (unpaired) electrons. The van der Waals surface area contributed by atoms with Gasteiger partial charge in [0.1, 0.15) is 5.75 Å². The van der Waals surface area contributed by atoms with Gasteiger partial charge in [-0.25, -0.2) is 0 Å². The number of nitrogens with zero attached hydrogens (tertiary/aromatic N) is 1. The van der Waals surface area contributed by atoms with E-state index in [-0.39, 0.29) is 16.6 Å². The third-order valence-corrected chi connectivity index (χ3v) is 4.97. The number of ether oxygens (including phenoxy) is 1. The Balaban J connectivity index is 2.05. The Morgan fingerprint density at radius 1 is 1.13 bits per heavy atom. The zero-order valence-corrected chi connectivity index (χ0v) is 15.4. The highest BCUT2D eigenvalue weighted by molar-refractivity contribution is 6.63. The number of hydrogen-bond acceptors (Lipinski definition) is 4. The van der Waals surface area contributed by atoms with Crippen LogP contribution in [-0.4, -0.2) is 29.4 Å². The predicted octanol–water partition coefficient (Wildman–Crippen LogP) is 3.22. The summed E-state index contributed by atoms with van der Waals surface area (Å²) < 4.78 is 18.7. The first-order valence-electron chi connectivity index (χ1n) is 8.53. The molecule has 2 aliphatic rings. The van der Waals surface area contributed by atoms with E-state index < -0.39 is 7.12 Å².